The molecule has 2 nitrogen and oxygen atoms in total. The molecular formula is C7H8O2. The summed E-state index contributed by atoms with van der Waals surface area (Å²) in [5.41, 5.74) is -0.234. The van der Waals surface area contributed by atoms with Crippen molar-refractivity contribution in [3.8, 4) is 11.5 Å². The summed E-state index contributed by atoms with van der Waals surface area (Å²) in [6.45, 7) is -2.39. The molecule has 2 heteroatoms. The molecule has 0 bridgehead atoms. The van der Waals surface area contributed by atoms with E-state index in [9.17, 15) is 0 Å². The van der Waals surface area contributed by atoms with Crippen molar-refractivity contribution in [1.82, 2.24) is 0 Å². The first-order valence-electron chi connectivity index (χ1n) is 3.94. The van der Waals surface area contributed by atoms with E-state index in [2.05, 4.69) is 0 Å². The van der Waals surface area contributed by atoms with Crippen LogP contribution in [-0.2, 0) is 0 Å². The molecule has 1 rings (SSSR count). The highest BCUT2D eigenvalue weighted by atomic mass is 16.3. The van der Waals surface area contributed by atoms with E-state index in [-0.39, 0.29) is 17.1 Å². The molecule has 0 heterocycles. The number of phenols is 2. The number of aryl methyl sites for hydroxylation is 1. The molecule has 0 saturated carbocycles. The van der Waals surface area contributed by atoms with E-state index in [0.717, 1.165) is 12.1 Å². The van der Waals surface area contributed by atoms with Crippen molar-refractivity contribution in [3.63, 3.8) is 0 Å². The maximum atomic E-state index is 9.10. The van der Waals surface area contributed by atoms with Crippen molar-refractivity contribution >= 4 is 0 Å². The molecule has 48 valence electrons. The minimum Gasteiger partial charge on any atom is -0.508 e. The summed E-state index contributed by atoms with van der Waals surface area (Å²) < 4.78 is 20.9. The van der Waals surface area contributed by atoms with Crippen LogP contribution in [-0.4, -0.2) is 10.2 Å². The Labute approximate surface area is 57.6 Å². The number of aromatic hydroxyl groups is 2. The van der Waals surface area contributed by atoms with Crippen LogP contribution in [0.5, 0.6) is 11.5 Å². The third-order valence-electron chi connectivity index (χ3n) is 0.980. The molecule has 0 radical (unpaired) electrons. The second kappa shape index (κ2) is 1.97. The first kappa shape index (κ1) is 3.11. The summed E-state index contributed by atoms with van der Waals surface area (Å²) in [4.78, 5) is 0. The van der Waals surface area contributed by atoms with E-state index >= 15 is 0 Å². The van der Waals surface area contributed by atoms with Crippen LogP contribution in [0.25, 0.3) is 0 Å². The fourth-order valence-electron chi connectivity index (χ4n) is 0.524. The molecule has 0 amide bonds. The Morgan fingerprint density at radius 1 is 1.44 bits per heavy atom. The van der Waals surface area contributed by atoms with Gasteiger partial charge in [0.1, 0.15) is 11.5 Å². The highest BCUT2D eigenvalue weighted by molar-refractivity contribution is 5.37. The molecule has 0 unspecified atom stereocenters. The van der Waals surface area contributed by atoms with Crippen molar-refractivity contribution in [2.45, 2.75) is 6.85 Å². The van der Waals surface area contributed by atoms with Gasteiger partial charge >= 0.3 is 0 Å². The highest BCUT2D eigenvalue weighted by Crippen LogP contribution is 2.19. The SMILES string of the molecule is [2H]C([2H])([2H])c1cc(O)ccc1O. The topological polar surface area (TPSA) is 40.5 Å². The molecule has 0 aliphatic carbocycles. The molecule has 9 heavy (non-hydrogen) atoms. The normalized spacial score (nSPS) is 15.8. The summed E-state index contributed by atoms with van der Waals surface area (Å²) >= 11 is 0. The van der Waals surface area contributed by atoms with Gasteiger partial charge in [-0.1, -0.05) is 0 Å². The van der Waals surface area contributed by atoms with Crippen molar-refractivity contribution in [2.75, 3.05) is 0 Å². The molecule has 0 aromatic heterocycles. The maximum Gasteiger partial charge on any atom is 0.118 e. The lowest BCUT2D eigenvalue weighted by Gasteiger charge is -1.96. The molecular weight excluding hydrogens is 116 g/mol. The number of hydrogen-bond acceptors (Lipinski definition) is 2. The van der Waals surface area contributed by atoms with Crippen LogP contribution in [0.1, 0.15) is 9.68 Å². The molecule has 1 aromatic rings. The van der Waals surface area contributed by atoms with Gasteiger partial charge in [-0.2, -0.15) is 0 Å². The van der Waals surface area contributed by atoms with Gasteiger partial charge in [-0.25, -0.2) is 0 Å². The lowest BCUT2D eigenvalue weighted by molar-refractivity contribution is 0.456. The average molecular weight is 127 g/mol. The zero-order chi connectivity index (χ0) is 9.35. The van der Waals surface area contributed by atoms with Crippen molar-refractivity contribution in [1.29, 1.82) is 0 Å². The standard InChI is InChI=1S/C7H8O2/c1-5-4-6(8)2-3-7(5)9/h2-4,8-9H,1H3/i1D3. The van der Waals surface area contributed by atoms with E-state index in [0.29, 0.717) is 0 Å². The zero-order valence-electron chi connectivity index (χ0n) is 7.63. The van der Waals surface area contributed by atoms with E-state index in [1.54, 1.807) is 0 Å². The molecule has 0 aliphatic heterocycles. The van der Waals surface area contributed by atoms with Gasteiger partial charge in [0, 0.05) is 4.11 Å². The third kappa shape index (κ3) is 1.13. The first-order valence-corrected chi connectivity index (χ1v) is 2.44. The molecule has 0 atom stereocenters. The minimum absolute atomic E-state index is 0.168. The Morgan fingerprint density at radius 3 is 2.78 bits per heavy atom. The summed E-state index contributed by atoms with van der Waals surface area (Å²) in [6, 6.07) is 3.41. The Morgan fingerprint density at radius 2 is 2.22 bits per heavy atom. The second-order valence-corrected chi connectivity index (χ2v) is 1.70. The lowest BCUT2D eigenvalue weighted by Crippen LogP contribution is -1.71. The van der Waals surface area contributed by atoms with Crippen LogP contribution in [0.3, 0.4) is 0 Å². The summed E-state index contributed by atoms with van der Waals surface area (Å²) in [5, 5.41) is 18.0. The number of benzene rings is 1. The van der Waals surface area contributed by atoms with Gasteiger partial charge in [0.15, 0.2) is 0 Å². The van der Waals surface area contributed by atoms with Gasteiger partial charge in [0.05, 0.1) is 0 Å². The molecule has 1 aromatic carbocycles. The quantitative estimate of drug-likeness (QED) is 0.517. The van der Waals surface area contributed by atoms with Gasteiger partial charge in [-0.15, -0.1) is 0 Å². The Bertz CT molecular complexity index is 293. The van der Waals surface area contributed by atoms with Gasteiger partial charge in [0.25, 0.3) is 0 Å². The van der Waals surface area contributed by atoms with Crippen molar-refractivity contribution in [2.24, 2.45) is 0 Å². The van der Waals surface area contributed by atoms with Gasteiger partial charge < -0.3 is 10.2 Å². The Balaban J connectivity index is 3.23. The fraction of sp³-hybridized carbons (Fsp3) is 0.143. The van der Waals surface area contributed by atoms with Crippen LogP contribution in [0.4, 0.5) is 0 Å². The number of rotatable bonds is 0. The Hall–Kier alpha value is -1.18. The minimum atomic E-state index is -2.39. The van der Waals surface area contributed by atoms with Gasteiger partial charge in [-0.05, 0) is 30.6 Å². The lowest BCUT2D eigenvalue weighted by atomic mass is 10.2. The van der Waals surface area contributed by atoms with Crippen LogP contribution < -0.4 is 0 Å². The zero-order valence-corrected chi connectivity index (χ0v) is 4.63. The van der Waals surface area contributed by atoms with Crippen LogP contribution in [0.2, 0.25) is 0 Å². The average Bonchev–Trinajstić information content (AvgIpc) is 1.92. The highest BCUT2D eigenvalue weighted by Gasteiger charge is 1.93. The molecule has 0 aliphatic rings. The summed E-state index contributed by atoms with van der Waals surface area (Å²) in [7, 11) is 0. The predicted molar refractivity (Wildman–Crippen MR) is 34.5 cm³/mol. The van der Waals surface area contributed by atoms with Crippen LogP contribution >= 0.6 is 0 Å². The van der Waals surface area contributed by atoms with Gasteiger partial charge in [-0.3, -0.25) is 0 Å². The maximum absolute atomic E-state index is 9.10. The Kier molecular flexibility index (Phi) is 0.681. The first-order chi connectivity index (χ1) is 5.41. The monoisotopic (exact) mass is 127 g/mol. The molecule has 2 N–H and O–H groups in total. The van der Waals surface area contributed by atoms with E-state index < -0.39 is 6.85 Å². The summed E-state index contributed by atoms with van der Waals surface area (Å²) in [5.74, 6) is -0.494. The summed E-state index contributed by atoms with van der Waals surface area (Å²) in [6.07, 6.45) is 0. The molecule has 0 fully saturated rings. The van der Waals surface area contributed by atoms with Gasteiger partial charge in [0.2, 0.25) is 0 Å². The van der Waals surface area contributed by atoms with E-state index in [4.69, 9.17) is 14.3 Å². The predicted octanol–water partition coefficient (Wildman–Crippen LogP) is 1.41. The fourth-order valence-corrected chi connectivity index (χ4v) is 0.524. The van der Waals surface area contributed by atoms with Crippen molar-refractivity contribution < 1.29 is 14.3 Å². The van der Waals surface area contributed by atoms with Crippen molar-refractivity contribution in [3.05, 3.63) is 23.8 Å². The molecule has 0 saturated heterocycles. The second-order valence-electron chi connectivity index (χ2n) is 1.70. The number of phenolic OH excluding ortho intramolecular Hbond substituents is 2. The van der Waals surface area contributed by atoms with E-state index in [1.807, 2.05) is 0 Å². The molecule has 0 spiro atoms. The van der Waals surface area contributed by atoms with E-state index in [1.165, 1.54) is 6.07 Å². The largest absolute Gasteiger partial charge is 0.508 e. The third-order valence-corrected chi connectivity index (χ3v) is 0.980. The van der Waals surface area contributed by atoms with Crippen LogP contribution in [0.15, 0.2) is 18.2 Å². The smallest absolute Gasteiger partial charge is 0.118 e. The number of hydrogen-bond donors (Lipinski definition) is 2. The van der Waals surface area contributed by atoms with Crippen LogP contribution in [0, 0.1) is 6.85 Å².